The molecule has 2 aliphatic heterocycles. The van der Waals surface area contributed by atoms with Crippen LogP contribution in [0.25, 0.3) is 17.0 Å². The summed E-state index contributed by atoms with van der Waals surface area (Å²) in [5, 5.41) is 0.843. The minimum absolute atomic E-state index is 0.190. The molecule has 7 heteroatoms. The van der Waals surface area contributed by atoms with Gasteiger partial charge in [-0.25, -0.2) is 19.2 Å². The van der Waals surface area contributed by atoms with Gasteiger partial charge in [0, 0.05) is 48.6 Å². The summed E-state index contributed by atoms with van der Waals surface area (Å²) in [5.74, 6) is 0.514. The minimum atomic E-state index is -0.324. The molecule has 1 aromatic heterocycles. The van der Waals surface area contributed by atoms with Crippen LogP contribution in [0.5, 0.6) is 0 Å². The lowest BCUT2D eigenvalue weighted by Crippen LogP contribution is -2.61. The topological polar surface area (TPSA) is 58.6 Å². The highest BCUT2D eigenvalue weighted by Crippen LogP contribution is 2.43. The molecular formula is C22H27FN4O2. The second-order valence-electron chi connectivity index (χ2n) is 8.10. The Labute approximate surface area is 170 Å². The van der Waals surface area contributed by atoms with Crippen molar-refractivity contribution in [2.45, 2.75) is 32.6 Å². The molecule has 1 aromatic carbocycles. The first-order chi connectivity index (χ1) is 14.0. The van der Waals surface area contributed by atoms with E-state index in [2.05, 4.69) is 28.4 Å². The molecule has 0 unspecified atom stereocenters. The Morgan fingerprint density at radius 2 is 2.07 bits per heavy atom. The van der Waals surface area contributed by atoms with Crippen molar-refractivity contribution in [3.63, 3.8) is 0 Å². The molecule has 3 heterocycles. The number of carbonyl (C=O) groups is 1. The zero-order chi connectivity index (χ0) is 20.4. The quantitative estimate of drug-likeness (QED) is 0.705. The van der Waals surface area contributed by atoms with Crippen LogP contribution in [0.3, 0.4) is 0 Å². The Balaban J connectivity index is 1.40. The summed E-state index contributed by atoms with van der Waals surface area (Å²) in [6.45, 7) is 9.50. The molecule has 154 valence electrons. The molecule has 0 radical (unpaired) electrons. The number of fused-ring (bicyclic) bond motifs is 1. The van der Waals surface area contributed by atoms with E-state index in [1.54, 1.807) is 6.07 Å². The van der Waals surface area contributed by atoms with E-state index < -0.39 is 0 Å². The number of likely N-dealkylation sites (tertiary alicyclic amines) is 1. The molecule has 0 aliphatic carbocycles. The number of anilines is 1. The van der Waals surface area contributed by atoms with Crippen LogP contribution in [-0.4, -0.2) is 53.7 Å². The van der Waals surface area contributed by atoms with Gasteiger partial charge < -0.3 is 14.5 Å². The van der Waals surface area contributed by atoms with Crippen LogP contribution in [0.15, 0.2) is 25.0 Å². The molecule has 1 spiro atoms. The average molecular weight is 398 g/mol. The van der Waals surface area contributed by atoms with E-state index in [-0.39, 0.29) is 17.3 Å². The number of rotatable bonds is 5. The minimum Gasteiger partial charge on any atom is -0.449 e. The molecule has 2 aliphatic rings. The van der Waals surface area contributed by atoms with Crippen molar-refractivity contribution in [2.24, 2.45) is 5.41 Å². The lowest BCUT2D eigenvalue weighted by molar-refractivity contribution is 0.0524. The number of piperidine rings is 1. The monoisotopic (exact) mass is 398 g/mol. The van der Waals surface area contributed by atoms with Crippen molar-refractivity contribution >= 4 is 28.9 Å². The van der Waals surface area contributed by atoms with Crippen molar-refractivity contribution in [3.8, 4) is 0 Å². The molecule has 4 rings (SSSR count). The van der Waals surface area contributed by atoms with Crippen LogP contribution < -0.4 is 4.90 Å². The van der Waals surface area contributed by atoms with E-state index in [0.717, 1.165) is 63.1 Å². The first-order valence-corrected chi connectivity index (χ1v) is 10.3. The number of nitrogens with zero attached hydrogens (tertiary/aromatic N) is 4. The molecule has 29 heavy (non-hydrogen) atoms. The van der Waals surface area contributed by atoms with E-state index in [4.69, 9.17) is 4.74 Å². The van der Waals surface area contributed by atoms with Crippen LogP contribution >= 0.6 is 0 Å². The number of ether oxygens (including phenoxy) is 1. The molecule has 0 bridgehead atoms. The fraction of sp³-hybridized carbons (Fsp3) is 0.500. The Hall–Kier alpha value is -2.70. The van der Waals surface area contributed by atoms with Crippen LogP contribution in [0, 0.1) is 11.2 Å². The SMILES string of the molecule is C=Cc1cc2c(N3CC4(CCN(C(=O)OCCCC)CC4)C3)ncnc2cc1F. The number of hydrogen-bond donors (Lipinski definition) is 0. The molecule has 2 aromatic rings. The molecule has 1 amide bonds. The summed E-state index contributed by atoms with van der Waals surface area (Å²) < 4.78 is 19.4. The number of aromatic nitrogens is 2. The van der Waals surface area contributed by atoms with E-state index in [1.165, 1.54) is 18.5 Å². The Kier molecular flexibility index (Phi) is 5.39. The van der Waals surface area contributed by atoms with Gasteiger partial charge in [-0.3, -0.25) is 0 Å². The number of halogens is 1. The third kappa shape index (κ3) is 3.78. The summed E-state index contributed by atoms with van der Waals surface area (Å²) in [5.41, 5.74) is 1.26. The van der Waals surface area contributed by atoms with Gasteiger partial charge in [0.05, 0.1) is 12.1 Å². The summed E-state index contributed by atoms with van der Waals surface area (Å²) in [7, 11) is 0. The second-order valence-corrected chi connectivity index (χ2v) is 8.10. The third-order valence-corrected chi connectivity index (χ3v) is 6.11. The van der Waals surface area contributed by atoms with E-state index in [1.807, 2.05) is 4.90 Å². The zero-order valence-corrected chi connectivity index (χ0v) is 16.9. The van der Waals surface area contributed by atoms with E-state index in [9.17, 15) is 9.18 Å². The van der Waals surface area contributed by atoms with Crippen molar-refractivity contribution in [1.29, 1.82) is 0 Å². The van der Waals surface area contributed by atoms with Gasteiger partial charge >= 0.3 is 6.09 Å². The van der Waals surface area contributed by atoms with E-state index in [0.29, 0.717) is 17.7 Å². The molecular weight excluding hydrogens is 371 g/mol. The van der Waals surface area contributed by atoms with Gasteiger partial charge in [-0.05, 0) is 25.3 Å². The van der Waals surface area contributed by atoms with Crippen LogP contribution in [0.1, 0.15) is 38.2 Å². The molecule has 0 atom stereocenters. The highest BCUT2D eigenvalue weighted by atomic mass is 19.1. The first-order valence-electron chi connectivity index (χ1n) is 10.3. The fourth-order valence-corrected chi connectivity index (χ4v) is 4.28. The Morgan fingerprint density at radius 1 is 1.31 bits per heavy atom. The normalized spacial score (nSPS) is 18.0. The third-order valence-electron chi connectivity index (χ3n) is 6.11. The molecule has 0 N–H and O–H groups in total. The van der Waals surface area contributed by atoms with Crippen LogP contribution in [-0.2, 0) is 4.74 Å². The van der Waals surface area contributed by atoms with Crippen molar-refractivity contribution in [3.05, 3.63) is 36.4 Å². The Bertz CT molecular complexity index is 916. The van der Waals surface area contributed by atoms with Gasteiger partial charge in [-0.15, -0.1) is 0 Å². The molecule has 2 saturated heterocycles. The smallest absolute Gasteiger partial charge is 0.409 e. The molecule has 6 nitrogen and oxygen atoms in total. The van der Waals surface area contributed by atoms with Gasteiger partial charge in [0.15, 0.2) is 0 Å². The largest absolute Gasteiger partial charge is 0.449 e. The van der Waals surface area contributed by atoms with Gasteiger partial charge in [0.1, 0.15) is 18.0 Å². The highest BCUT2D eigenvalue weighted by Gasteiger charge is 2.46. The van der Waals surface area contributed by atoms with Gasteiger partial charge in [0.2, 0.25) is 0 Å². The number of carbonyl (C=O) groups excluding carboxylic acids is 1. The maximum atomic E-state index is 14.0. The summed E-state index contributed by atoms with van der Waals surface area (Å²) in [4.78, 5) is 24.9. The number of unbranched alkanes of at least 4 members (excludes halogenated alkanes) is 1. The zero-order valence-electron chi connectivity index (χ0n) is 16.9. The fourth-order valence-electron chi connectivity index (χ4n) is 4.28. The summed E-state index contributed by atoms with van der Waals surface area (Å²) in [6, 6.07) is 3.21. The van der Waals surface area contributed by atoms with Crippen LogP contribution in [0.4, 0.5) is 15.0 Å². The van der Waals surface area contributed by atoms with Crippen molar-refractivity contribution in [1.82, 2.24) is 14.9 Å². The van der Waals surface area contributed by atoms with Crippen molar-refractivity contribution < 1.29 is 13.9 Å². The lowest BCUT2D eigenvalue weighted by atomic mass is 9.72. The number of amides is 1. The highest BCUT2D eigenvalue weighted by molar-refractivity contribution is 5.91. The average Bonchev–Trinajstić information content (AvgIpc) is 2.71. The van der Waals surface area contributed by atoms with Crippen molar-refractivity contribution in [2.75, 3.05) is 37.7 Å². The molecule has 0 saturated carbocycles. The number of benzene rings is 1. The first kappa shape index (κ1) is 19.6. The standard InChI is InChI=1S/C22H27FN4O2/c1-3-5-10-29-21(28)26-8-6-22(7-9-26)13-27(14-22)20-17-11-16(4-2)18(23)12-19(17)24-15-25-20/h4,11-12,15H,2-3,5-10,13-14H2,1H3. The maximum absolute atomic E-state index is 14.0. The second kappa shape index (κ2) is 7.97. The van der Waals surface area contributed by atoms with Crippen LogP contribution in [0.2, 0.25) is 0 Å². The number of hydrogen-bond acceptors (Lipinski definition) is 5. The molecule has 2 fully saturated rings. The maximum Gasteiger partial charge on any atom is 0.409 e. The van der Waals surface area contributed by atoms with Gasteiger partial charge in [-0.1, -0.05) is 26.0 Å². The van der Waals surface area contributed by atoms with Gasteiger partial charge in [0.25, 0.3) is 0 Å². The summed E-state index contributed by atoms with van der Waals surface area (Å²) >= 11 is 0. The lowest BCUT2D eigenvalue weighted by Gasteiger charge is -2.54. The predicted octanol–water partition coefficient (Wildman–Crippen LogP) is 4.25. The van der Waals surface area contributed by atoms with Gasteiger partial charge in [-0.2, -0.15) is 0 Å². The van der Waals surface area contributed by atoms with E-state index >= 15 is 0 Å². The summed E-state index contributed by atoms with van der Waals surface area (Å²) in [6.07, 6.45) is 6.66. The predicted molar refractivity (Wildman–Crippen MR) is 111 cm³/mol. The Morgan fingerprint density at radius 3 is 2.76 bits per heavy atom.